The molecule has 1 aromatic rings. The third-order valence-electron chi connectivity index (χ3n) is 2.73. The fourth-order valence-corrected chi connectivity index (χ4v) is 1.84. The summed E-state index contributed by atoms with van der Waals surface area (Å²) in [4.78, 5) is 24.8. The van der Waals surface area contributed by atoms with Crippen molar-refractivity contribution in [3.05, 3.63) is 32.6 Å². The molecule has 1 aromatic heterocycles. The average molecular weight is 254 g/mol. The van der Waals surface area contributed by atoms with Crippen LogP contribution in [0.5, 0.6) is 0 Å². The summed E-state index contributed by atoms with van der Waals surface area (Å²) < 4.78 is 19.8. The van der Waals surface area contributed by atoms with Crippen molar-refractivity contribution in [2.24, 2.45) is 0 Å². The van der Waals surface area contributed by atoms with Gasteiger partial charge in [0.1, 0.15) is 11.7 Å². The van der Waals surface area contributed by atoms with Gasteiger partial charge in [-0.05, 0) is 0 Å². The summed E-state index contributed by atoms with van der Waals surface area (Å²) in [5.74, 6) is 2.10. The van der Waals surface area contributed by atoms with Crippen molar-refractivity contribution in [1.29, 1.82) is 0 Å². The summed E-state index contributed by atoms with van der Waals surface area (Å²) in [5.41, 5.74) is -1.59. The Bertz CT molecular complexity index is 600. The molecule has 18 heavy (non-hydrogen) atoms. The molecular weight excluding hydrogens is 243 g/mol. The number of aliphatic hydroxyl groups is 1. The van der Waals surface area contributed by atoms with E-state index in [4.69, 9.17) is 16.3 Å². The maximum absolute atomic E-state index is 13.7. The summed E-state index contributed by atoms with van der Waals surface area (Å²) in [6.07, 6.45) is 2.86. The number of hydrogen-bond acceptors (Lipinski definition) is 4. The van der Waals surface area contributed by atoms with Gasteiger partial charge >= 0.3 is 5.69 Å². The zero-order valence-corrected chi connectivity index (χ0v) is 9.30. The van der Waals surface area contributed by atoms with Crippen molar-refractivity contribution < 1.29 is 14.2 Å². The van der Waals surface area contributed by atoms with Crippen molar-refractivity contribution in [3.63, 3.8) is 0 Å². The molecule has 3 atom stereocenters. The minimum Gasteiger partial charge on any atom is -0.394 e. The van der Waals surface area contributed by atoms with E-state index in [1.165, 1.54) is 0 Å². The van der Waals surface area contributed by atoms with Crippen LogP contribution in [0.3, 0.4) is 0 Å². The molecule has 2 rings (SSSR count). The van der Waals surface area contributed by atoms with Crippen LogP contribution in [0.15, 0.2) is 15.8 Å². The molecule has 1 saturated heterocycles. The van der Waals surface area contributed by atoms with Gasteiger partial charge < -0.3 is 9.84 Å². The van der Waals surface area contributed by atoms with Gasteiger partial charge in [0.2, 0.25) is 0 Å². The molecule has 0 bridgehead atoms. The van der Waals surface area contributed by atoms with Gasteiger partial charge in [-0.1, -0.05) is 5.92 Å². The van der Waals surface area contributed by atoms with Gasteiger partial charge in [0.15, 0.2) is 6.23 Å². The highest BCUT2D eigenvalue weighted by atomic mass is 19.1. The van der Waals surface area contributed by atoms with E-state index >= 15 is 0 Å². The lowest BCUT2D eigenvalue weighted by atomic mass is 10.2. The first-order chi connectivity index (χ1) is 8.56. The number of aromatic nitrogens is 2. The molecule has 0 spiro atoms. The fourth-order valence-electron chi connectivity index (χ4n) is 1.84. The topological polar surface area (TPSA) is 84.3 Å². The van der Waals surface area contributed by atoms with Gasteiger partial charge in [-0.2, -0.15) is 0 Å². The Morgan fingerprint density at radius 1 is 1.67 bits per heavy atom. The number of terminal acetylenes is 1. The molecule has 2 N–H and O–H groups in total. The normalized spacial score (nSPS) is 27.1. The lowest BCUT2D eigenvalue weighted by Gasteiger charge is -2.16. The number of aromatic amines is 1. The van der Waals surface area contributed by atoms with Gasteiger partial charge in [0, 0.05) is 12.6 Å². The third-order valence-corrected chi connectivity index (χ3v) is 2.73. The van der Waals surface area contributed by atoms with Crippen molar-refractivity contribution in [2.45, 2.75) is 24.9 Å². The van der Waals surface area contributed by atoms with E-state index in [1.807, 2.05) is 4.98 Å². The lowest BCUT2D eigenvalue weighted by molar-refractivity contribution is -0.0394. The van der Waals surface area contributed by atoms with Gasteiger partial charge in [-0.15, -0.1) is 6.42 Å². The second-order valence-electron chi connectivity index (χ2n) is 3.94. The molecule has 0 amide bonds. The summed E-state index contributed by atoms with van der Waals surface area (Å²) in [7, 11) is 0. The number of ether oxygens (including phenoxy) is 1. The van der Waals surface area contributed by atoms with Crippen LogP contribution in [0.1, 0.15) is 18.2 Å². The number of nitrogens with zero attached hydrogens (tertiary/aromatic N) is 1. The van der Waals surface area contributed by atoms with Crippen LogP contribution in [0.25, 0.3) is 0 Å². The Morgan fingerprint density at radius 2 is 2.39 bits per heavy atom. The van der Waals surface area contributed by atoms with E-state index in [2.05, 4.69) is 5.92 Å². The van der Waals surface area contributed by atoms with Gasteiger partial charge in [-0.3, -0.25) is 14.3 Å². The highest BCUT2D eigenvalue weighted by Gasteiger charge is 2.37. The zero-order chi connectivity index (χ0) is 13.3. The number of hydrogen-bond donors (Lipinski definition) is 2. The number of H-pyrrole nitrogens is 1. The number of rotatable bonds is 2. The second kappa shape index (κ2) is 4.76. The van der Waals surface area contributed by atoms with Crippen molar-refractivity contribution in [3.8, 4) is 12.3 Å². The summed E-state index contributed by atoms with van der Waals surface area (Å²) in [6.45, 7) is -0.336. The zero-order valence-electron chi connectivity index (χ0n) is 9.30. The Kier molecular flexibility index (Phi) is 3.32. The van der Waals surface area contributed by atoms with Crippen LogP contribution in [0.2, 0.25) is 0 Å². The second-order valence-corrected chi connectivity index (χ2v) is 3.94. The molecular formula is C11H11FN2O4. The number of alkyl halides is 1. The van der Waals surface area contributed by atoms with E-state index in [9.17, 15) is 14.0 Å². The summed E-state index contributed by atoms with van der Waals surface area (Å²) in [6, 6.07) is 0. The number of halogens is 1. The maximum Gasteiger partial charge on any atom is 0.330 e. The van der Waals surface area contributed by atoms with Crippen LogP contribution < -0.4 is 11.2 Å². The van der Waals surface area contributed by atoms with Crippen molar-refractivity contribution in [2.75, 3.05) is 6.61 Å². The predicted molar refractivity (Wildman–Crippen MR) is 59.8 cm³/mol. The largest absolute Gasteiger partial charge is 0.394 e. The Labute approximate surface area is 101 Å². The SMILES string of the molecule is C#Cc1cn(C2OC(CO)CC2F)c(=O)[nH]c1=O. The lowest BCUT2D eigenvalue weighted by Crippen LogP contribution is -2.35. The Hall–Kier alpha value is -1.91. The van der Waals surface area contributed by atoms with Crippen LogP contribution in [-0.2, 0) is 4.74 Å². The van der Waals surface area contributed by atoms with Gasteiger partial charge in [0.25, 0.3) is 5.56 Å². The first kappa shape index (κ1) is 12.5. The standard InChI is InChI=1S/C11H11FN2O4/c1-2-6-4-14(11(17)13-9(6)16)10-8(12)3-7(5-15)18-10/h1,4,7-8,10,15H,3,5H2,(H,13,16,17). The molecule has 6 nitrogen and oxygen atoms in total. The van der Waals surface area contributed by atoms with Crippen LogP contribution in [-0.4, -0.2) is 33.5 Å². The van der Waals surface area contributed by atoms with Crippen LogP contribution in [0.4, 0.5) is 4.39 Å². The van der Waals surface area contributed by atoms with Gasteiger partial charge in [0.05, 0.1) is 12.7 Å². The van der Waals surface area contributed by atoms with Crippen molar-refractivity contribution in [1.82, 2.24) is 9.55 Å². The molecule has 0 aromatic carbocycles. The van der Waals surface area contributed by atoms with E-state index in [0.717, 1.165) is 10.8 Å². The molecule has 1 aliphatic heterocycles. The van der Waals surface area contributed by atoms with Crippen LogP contribution in [0, 0.1) is 12.3 Å². The molecule has 96 valence electrons. The summed E-state index contributed by atoms with van der Waals surface area (Å²) in [5, 5.41) is 8.89. The molecule has 1 fully saturated rings. The molecule has 1 aliphatic rings. The summed E-state index contributed by atoms with van der Waals surface area (Å²) >= 11 is 0. The van der Waals surface area contributed by atoms with E-state index in [0.29, 0.717) is 0 Å². The monoisotopic (exact) mass is 254 g/mol. The van der Waals surface area contributed by atoms with E-state index in [-0.39, 0.29) is 18.6 Å². The van der Waals surface area contributed by atoms with E-state index in [1.54, 1.807) is 0 Å². The Balaban J connectivity index is 2.43. The average Bonchev–Trinajstić information content (AvgIpc) is 2.71. The molecule has 7 heteroatoms. The van der Waals surface area contributed by atoms with Gasteiger partial charge in [-0.25, -0.2) is 9.18 Å². The molecule has 0 radical (unpaired) electrons. The first-order valence-corrected chi connectivity index (χ1v) is 5.29. The minimum atomic E-state index is -1.45. The molecule has 0 saturated carbocycles. The van der Waals surface area contributed by atoms with Crippen molar-refractivity contribution >= 4 is 0 Å². The predicted octanol–water partition coefficient (Wildman–Crippen LogP) is -0.864. The maximum atomic E-state index is 13.7. The highest BCUT2D eigenvalue weighted by Crippen LogP contribution is 2.29. The quantitative estimate of drug-likeness (QED) is 0.672. The number of aliphatic hydroxyl groups excluding tert-OH is 1. The number of nitrogens with one attached hydrogen (secondary N) is 1. The third kappa shape index (κ3) is 2.08. The molecule has 3 unspecified atom stereocenters. The minimum absolute atomic E-state index is 0.0158. The fraction of sp³-hybridized carbons (Fsp3) is 0.455. The van der Waals surface area contributed by atoms with E-state index < -0.39 is 29.8 Å². The smallest absolute Gasteiger partial charge is 0.330 e. The molecule has 2 heterocycles. The molecule has 0 aliphatic carbocycles. The Morgan fingerprint density at radius 3 is 2.94 bits per heavy atom. The highest BCUT2D eigenvalue weighted by molar-refractivity contribution is 5.26. The van der Waals surface area contributed by atoms with Crippen LogP contribution >= 0.6 is 0 Å². The first-order valence-electron chi connectivity index (χ1n) is 5.29.